The van der Waals surface area contributed by atoms with Crippen LogP contribution in [0.5, 0.6) is 0 Å². The molecule has 0 amide bonds. The SMILES string of the molecule is CC/C=C\CCCCOC(CCCCC(=O)OCCCCCCN(CCO)CCCCCCOC(=O)CCCCC(OCCCC/C=C\CC)OCCCC/C=C\CC)OCCCC/C=C\CC. The molecule has 0 spiro atoms. The van der Waals surface area contributed by atoms with Gasteiger partial charge in [0.05, 0.1) is 19.8 Å². The van der Waals surface area contributed by atoms with E-state index in [1.807, 2.05) is 0 Å². The Morgan fingerprint density at radius 3 is 1.03 bits per heavy atom. The summed E-state index contributed by atoms with van der Waals surface area (Å²) in [5.74, 6) is -0.228. The molecule has 1 N–H and O–H groups in total. The minimum Gasteiger partial charge on any atom is -0.466 e. The number of rotatable bonds is 54. The van der Waals surface area contributed by atoms with Crippen LogP contribution in [0.4, 0.5) is 0 Å². The third-order valence-electron chi connectivity index (χ3n) is 11.7. The molecule has 0 saturated carbocycles. The Kier molecular flexibility index (Phi) is 53.7. The second-order valence-corrected chi connectivity index (χ2v) is 18.2. The molecule has 0 saturated heterocycles. The minimum atomic E-state index is -0.205. The number of hydrogen-bond acceptors (Lipinski definition) is 10. The van der Waals surface area contributed by atoms with Crippen molar-refractivity contribution in [2.45, 2.75) is 246 Å². The van der Waals surface area contributed by atoms with E-state index in [0.29, 0.717) is 59.0 Å². The summed E-state index contributed by atoms with van der Waals surface area (Å²) in [5.41, 5.74) is 0. The number of carbonyl (C=O) groups is 2. The van der Waals surface area contributed by atoms with E-state index in [-0.39, 0.29) is 31.1 Å². The Morgan fingerprint density at radius 2 is 0.706 bits per heavy atom. The van der Waals surface area contributed by atoms with Gasteiger partial charge in [-0.2, -0.15) is 0 Å². The summed E-state index contributed by atoms with van der Waals surface area (Å²) >= 11 is 0. The smallest absolute Gasteiger partial charge is 0.305 e. The number of allylic oxidation sites excluding steroid dienone is 8. The van der Waals surface area contributed by atoms with Crippen LogP contribution in [0.3, 0.4) is 0 Å². The topological polar surface area (TPSA) is 113 Å². The van der Waals surface area contributed by atoms with Gasteiger partial charge in [0.15, 0.2) is 12.6 Å². The van der Waals surface area contributed by atoms with Gasteiger partial charge in [-0.25, -0.2) is 0 Å². The molecule has 0 atom stereocenters. The Hall–Kier alpha value is -2.34. The summed E-state index contributed by atoms with van der Waals surface area (Å²) in [6.07, 6.45) is 48.7. The van der Waals surface area contributed by atoms with Crippen molar-refractivity contribution >= 4 is 11.9 Å². The molecule has 0 unspecified atom stereocenters. The fourth-order valence-corrected chi connectivity index (χ4v) is 7.62. The van der Waals surface area contributed by atoms with Gasteiger partial charge in [-0.05, 0) is 180 Å². The molecule has 398 valence electrons. The van der Waals surface area contributed by atoms with Crippen molar-refractivity contribution in [3.8, 4) is 0 Å². The molecule has 0 bridgehead atoms. The molecule has 0 radical (unpaired) electrons. The molecule has 0 aliphatic carbocycles. The van der Waals surface area contributed by atoms with Crippen LogP contribution in [0.25, 0.3) is 0 Å². The Bertz CT molecular complexity index is 1040. The standard InChI is InChI=1S/C58H107NO9/c1-5-9-13-17-23-37-51-65-57(66-52-38-24-18-14-10-6-2)43-31-29-41-55(61)63-49-35-27-21-33-45-59(47-48-60)46-34-22-28-36-50-64-56(62)42-30-32-44-58(67-53-39-25-19-15-11-7-3)68-54-40-26-20-16-12-8-4/h9-16,57-58,60H,5-8,17-54H2,1-4H3/b13-9-,14-10-,15-11-,16-12-. The third-order valence-corrected chi connectivity index (χ3v) is 11.7. The number of ether oxygens (including phenoxy) is 6. The second kappa shape index (κ2) is 55.6. The van der Waals surface area contributed by atoms with E-state index >= 15 is 0 Å². The highest BCUT2D eigenvalue weighted by Crippen LogP contribution is 2.15. The van der Waals surface area contributed by atoms with E-state index in [1.54, 1.807) is 0 Å². The summed E-state index contributed by atoms with van der Waals surface area (Å²) in [7, 11) is 0. The quantitative estimate of drug-likeness (QED) is 0.0274. The van der Waals surface area contributed by atoms with Crippen LogP contribution in [0.15, 0.2) is 48.6 Å². The molecule has 0 heterocycles. The van der Waals surface area contributed by atoms with Crippen LogP contribution in [-0.4, -0.2) is 100 Å². The van der Waals surface area contributed by atoms with Crippen LogP contribution < -0.4 is 0 Å². The first-order valence-electron chi connectivity index (χ1n) is 28.2. The zero-order chi connectivity index (χ0) is 49.5. The summed E-state index contributed by atoms with van der Waals surface area (Å²) < 4.78 is 35.6. The summed E-state index contributed by atoms with van der Waals surface area (Å²) in [4.78, 5) is 27.2. The lowest BCUT2D eigenvalue weighted by molar-refractivity contribution is -0.149. The van der Waals surface area contributed by atoms with Gasteiger partial charge in [-0.15, -0.1) is 0 Å². The van der Waals surface area contributed by atoms with E-state index in [9.17, 15) is 14.7 Å². The molecule has 10 nitrogen and oxygen atoms in total. The first-order chi connectivity index (χ1) is 33.5. The number of aliphatic hydroxyl groups excluding tert-OH is 1. The molecule has 0 fully saturated rings. The summed E-state index contributed by atoms with van der Waals surface area (Å²) in [5, 5.41) is 9.62. The van der Waals surface area contributed by atoms with E-state index < -0.39 is 0 Å². The molecule has 0 aliphatic rings. The lowest BCUT2D eigenvalue weighted by Crippen LogP contribution is -2.29. The fraction of sp³-hybridized carbons (Fsp3) is 0.828. The van der Waals surface area contributed by atoms with Gasteiger partial charge in [0.1, 0.15) is 0 Å². The number of esters is 2. The fourth-order valence-electron chi connectivity index (χ4n) is 7.62. The Labute approximate surface area is 418 Å². The number of carbonyl (C=O) groups excluding carboxylic acids is 2. The van der Waals surface area contributed by atoms with Gasteiger partial charge in [0, 0.05) is 45.8 Å². The van der Waals surface area contributed by atoms with E-state index in [4.69, 9.17) is 28.4 Å². The van der Waals surface area contributed by atoms with Gasteiger partial charge < -0.3 is 38.4 Å². The Balaban J connectivity index is 4.12. The molecule has 0 aromatic rings. The first kappa shape index (κ1) is 65.7. The van der Waals surface area contributed by atoms with Crippen molar-refractivity contribution < 1.29 is 43.1 Å². The lowest BCUT2D eigenvalue weighted by atomic mass is 10.1. The van der Waals surface area contributed by atoms with Gasteiger partial charge >= 0.3 is 11.9 Å². The van der Waals surface area contributed by atoms with Crippen molar-refractivity contribution in [3.05, 3.63) is 48.6 Å². The third kappa shape index (κ3) is 50.1. The minimum absolute atomic E-state index is 0.114. The van der Waals surface area contributed by atoms with Crippen LogP contribution in [-0.2, 0) is 38.0 Å². The maximum atomic E-state index is 12.4. The van der Waals surface area contributed by atoms with Gasteiger partial charge in [0.2, 0.25) is 0 Å². The van der Waals surface area contributed by atoms with Crippen molar-refractivity contribution in [1.29, 1.82) is 0 Å². The summed E-state index contributed by atoms with van der Waals surface area (Å²) in [6, 6.07) is 0. The van der Waals surface area contributed by atoms with Crippen molar-refractivity contribution in [3.63, 3.8) is 0 Å². The molecular formula is C58H107NO9. The normalized spacial score (nSPS) is 12.2. The van der Waals surface area contributed by atoms with Crippen LogP contribution >= 0.6 is 0 Å². The van der Waals surface area contributed by atoms with E-state index in [2.05, 4.69) is 81.2 Å². The van der Waals surface area contributed by atoms with Gasteiger partial charge in [0.25, 0.3) is 0 Å². The monoisotopic (exact) mass is 962 g/mol. The average Bonchev–Trinajstić information content (AvgIpc) is 3.34. The van der Waals surface area contributed by atoms with Crippen molar-refractivity contribution in [1.82, 2.24) is 4.90 Å². The number of aliphatic hydroxyl groups is 1. The molecule has 0 rings (SSSR count). The highest BCUT2D eigenvalue weighted by Gasteiger charge is 2.13. The van der Waals surface area contributed by atoms with Gasteiger partial charge in [-0.1, -0.05) is 102 Å². The van der Waals surface area contributed by atoms with Crippen molar-refractivity contribution in [2.24, 2.45) is 0 Å². The molecule has 0 aromatic carbocycles. The summed E-state index contributed by atoms with van der Waals surface area (Å²) in [6.45, 7) is 15.2. The maximum Gasteiger partial charge on any atom is 0.305 e. The number of unbranched alkanes of at least 4 members (excludes halogenated alkanes) is 16. The lowest BCUT2D eigenvalue weighted by Gasteiger charge is -2.21. The zero-order valence-electron chi connectivity index (χ0n) is 44.6. The number of hydrogen-bond donors (Lipinski definition) is 1. The van der Waals surface area contributed by atoms with E-state index in [1.165, 1.54) is 0 Å². The van der Waals surface area contributed by atoms with Crippen LogP contribution in [0.1, 0.15) is 233 Å². The molecule has 0 aliphatic heterocycles. The molecule has 0 aromatic heterocycles. The molecular weight excluding hydrogens is 855 g/mol. The molecule has 68 heavy (non-hydrogen) atoms. The van der Waals surface area contributed by atoms with Crippen LogP contribution in [0, 0.1) is 0 Å². The highest BCUT2D eigenvalue weighted by atomic mass is 16.7. The predicted molar refractivity (Wildman–Crippen MR) is 284 cm³/mol. The predicted octanol–water partition coefficient (Wildman–Crippen LogP) is 14.9. The van der Waals surface area contributed by atoms with E-state index in [0.717, 1.165) is 206 Å². The molecule has 10 heteroatoms. The average molecular weight is 962 g/mol. The largest absolute Gasteiger partial charge is 0.466 e. The number of nitrogens with zero attached hydrogens (tertiary/aromatic N) is 1. The van der Waals surface area contributed by atoms with Gasteiger partial charge in [-0.3, -0.25) is 9.59 Å². The highest BCUT2D eigenvalue weighted by molar-refractivity contribution is 5.69. The maximum absolute atomic E-state index is 12.4. The first-order valence-corrected chi connectivity index (χ1v) is 28.2. The Morgan fingerprint density at radius 1 is 0.382 bits per heavy atom. The van der Waals surface area contributed by atoms with Crippen LogP contribution in [0.2, 0.25) is 0 Å². The zero-order valence-corrected chi connectivity index (χ0v) is 44.6. The second-order valence-electron chi connectivity index (χ2n) is 18.2. The van der Waals surface area contributed by atoms with Crippen molar-refractivity contribution in [2.75, 3.05) is 65.9 Å².